The minimum absolute atomic E-state index is 0.0323. The third-order valence-corrected chi connectivity index (χ3v) is 4.70. The van der Waals surface area contributed by atoms with Crippen molar-refractivity contribution in [2.75, 3.05) is 18.5 Å². The van der Waals surface area contributed by atoms with Crippen molar-refractivity contribution in [1.82, 2.24) is 4.98 Å². The molecule has 0 spiro atoms. The van der Waals surface area contributed by atoms with Crippen LogP contribution < -0.4 is 15.8 Å². The summed E-state index contributed by atoms with van der Waals surface area (Å²) in [6.07, 6.45) is 0.938. The first-order valence-corrected chi connectivity index (χ1v) is 7.98. The van der Waals surface area contributed by atoms with Crippen molar-refractivity contribution in [2.45, 2.75) is 26.3 Å². The zero-order chi connectivity index (χ0) is 14.8. The Balaban J connectivity index is 1.92. The normalized spacial score (nSPS) is 15.8. The highest BCUT2D eigenvalue weighted by Gasteiger charge is 2.20. The highest BCUT2D eigenvalue weighted by molar-refractivity contribution is 7.22. The number of thiazole rings is 1. The first-order chi connectivity index (χ1) is 10.2. The van der Waals surface area contributed by atoms with Crippen molar-refractivity contribution >= 4 is 26.7 Å². The number of benzene rings is 1. The van der Waals surface area contributed by atoms with Gasteiger partial charge in [-0.1, -0.05) is 24.2 Å². The Kier molecular flexibility index (Phi) is 4.00. The van der Waals surface area contributed by atoms with Gasteiger partial charge in [-0.2, -0.15) is 0 Å². The van der Waals surface area contributed by atoms with Crippen molar-refractivity contribution < 1.29 is 4.74 Å². The summed E-state index contributed by atoms with van der Waals surface area (Å²) in [6, 6.07) is 4.15. The van der Waals surface area contributed by atoms with E-state index in [1.807, 2.05) is 13.0 Å². The fraction of sp³-hybridized carbons (Fsp3) is 0.438. The van der Waals surface area contributed by atoms with E-state index in [-0.39, 0.29) is 12.0 Å². The van der Waals surface area contributed by atoms with E-state index in [0.29, 0.717) is 6.54 Å². The number of aromatic nitrogens is 1. The average Bonchev–Trinajstić information content (AvgIpc) is 3.10. The smallest absolute Gasteiger partial charge is 0.184 e. The van der Waals surface area contributed by atoms with Crippen LogP contribution in [0.2, 0.25) is 0 Å². The van der Waals surface area contributed by atoms with Crippen LogP contribution in [0.1, 0.15) is 19.4 Å². The lowest BCUT2D eigenvalue weighted by atomic mass is 10.0. The van der Waals surface area contributed by atoms with Crippen molar-refractivity contribution in [1.29, 1.82) is 0 Å². The molecule has 2 unspecified atom stereocenters. The standard InChI is InChI=1S/C16H19N3OS/c1-3-4-12(10(2)9-17)18-16-19-15-11-7-8-20-13(11)5-6-14(15)21-16/h5-6,10,12H,7-9,17H2,1-2H3,(H,18,19). The van der Waals surface area contributed by atoms with Crippen LogP contribution in [0.15, 0.2) is 12.1 Å². The molecule has 0 saturated carbocycles. The minimum Gasteiger partial charge on any atom is -0.493 e. The second-order valence-electron chi connectivity index (χ2n) is 5.24. The van der Waals surface area contributed by atoms with Crippen LogP contribution in [-0.2, 0) is 6.42 Å². The lowest BCUT2D eigenvalue weighted by molar-refractivity contribution is 0.357. The molecule has 2 aromatic rings. The van der Waals surface area contributed by atoms with Gasteiger partial charge < -0.3 is 15.8 Å². The van der Waals surface area contributed by atoms with E-state index >= 15 is 0 Å². The van der Waals surface area contributed by atoms with Gasteiger partial charge >= 0.3 is 0 Å². The monoisotopic (exact) mass is 301 g/mol. The van der Waals surface area contributed by atoms with Crippen LogP contribution >= 0.6 is 11.3 Å². The lowest BCUT2D eigenvalue weighted by Gasteiger charge is -2.18. The van der Waals surface area contributed by atoms with Crippen LogP contribution in [0, 0.1) is 17.8 Å². The van der Waals surface area contributed by atoms with Gasteiger partial charge in [0.1, 0.15) is 5.75 Å². The maximum Gasteiger partial charge on any atom is 0.184 e. The molecule has 1 aromatic heterocycles. The summed E-state index contributed by atoms with van der Waals surface area (Å²) in [5.41, 5.74) is 8.04. The Labute approximate surface area is 128 Å². The number of nitrogens with zero attached hydrogens (tertiary/aromatic N) is 1. The molecule has 0 saturated heterocycles. The molecule has 4 nitrogen and oxygen atoms in total. The minimum atomic E-state index is 0.0323. The Hall–Kier alpha value is -1.77. The third kappa shape index (κ3) is 2.69. The molecule has 3 rings (SSSR count). The van der Waals surface area contributed by atoms with Crippen molar-refractivity contribution in [3.63, 3.8) is 0 Å². The number of hydrogen-bond acceptors (Lipinski definition) is 5. The Bertz CT molecular complexity index is 713. The first kappa shape index (κ1) is 14.2. The highest BCUT2D eigenvalue weighted by Crippen LogP contribution is 2.36. The zero-order valence-electron chi connectivity index (χ0n) is 12.3. The maximum absolute atomic E-state index is 5.76. The predicted molar refractivity (Wildman–Crippen MR) is 87.9 cm³/mol. The predicted octanol–water partition coefficient (Wildman–Crippen LogP) is 2.63. The fourth-order valence-electron chi connectivity index (χ4n) is 2.48. The summed E-state index contributed by atoms with van der Waals surface area (Å²) in [4.78, 5) is 4.74. The van der Waals surface area contributed by atoms with Gasteiger partial charge in [0.25, 0.3) is 0 Å². The van der Waals surface area contributed by atoms with Gasteiger partial charge in [0.05, 0.1) is 22.9 Å². The molecule has 1 aliphatic rings. The number of ether oxygens (including phenoxy) is 1. The van der Waals surface area contributed by atoms with E-state index in [9.17, 15) is 0 Å². The molecular formula is C16H19N3OS. The quantitative estimate of drug-likeness (QED) is 0.852. The van der Waals surface area contributed by atoms with E-state index in [1.165, 1.54) is 10.3 Å². The van der Waals surface area contributed by atoms with Crippen LogP contribution in [0.3, 0.4) is 0 Å². The summed E-state index contributed by atoms with van der Waals surface area (Å²) >= 11 is 1.66. The second-order valence-corrected chi connectivity index (χ2v) is 6.27. The van der Waals surface area contributed by atoms with E-state index in [4.69, 9.17) is 15.5 Å². The topological polar surface area (TPSA) is 60.2 Å². The number of anilines is 1. The third-order valence-electron chi connectivity index (χ3n) is 3.75. The molecule has 0 fully saturated rings. The average molecular weight is 301 g/mol. The molecule has 0 radical (unpaired) electrons. The Morgan fingerprint density at radius 1 is 1.52 bits per heavy atom. The highest BCUT2D eigenvalue weighted by atomic mass is 32.1. The van der Waals surface area contributed by atoms with E-state index in [2.05, 4.69) is 30.1 Å². The zero-order valence-corrected chi connectivity index (χ0v) is 13.1. The van der Waals surface area contributed by atoms with Crippen LogP contribution in [0.4, 0.5) is 5.13 Å². The van der Waals surface area contributed by atoms with Crippen molar-refractivity contribution in [3.05, 3.63) is 17.7 Å². The summed E-state index contributed by atoms with van der Waals surface area (Å²) in [7, 11) is 0. The molecule has 0 amide bonds. The van der Waals surface area contributed by atoms with Gasteiger partial charge in [0, 0.05) is 12.0 Å². The first-order valence-electron chi connectivity index (χ1n) is 7.17. The molecule has 2 atom stereocenters. The molecule has 1 aromatic carbocycles. The number of hydrogen-bond donors (Lipinski definition) is 2. The molecule has 0 aliphatic carbocycles. The van der Waals surface area contributed by atoms with Gasteiger partial charge in [0.2, 0.25) is 0 Å². The molecule has 21 heavy (non-hydrogen) atoms. The summed E-state index contributed by atoms with van der Waals surface area (Å²) < 4.78 is 6.78. The van der Waals surface area contributed by atoms with Gasteiger partial charge in [-0.15, -0.1) is 5.92 Å². The number of rotatable bonds is 4. The van der Waals surface area contributed by atoms with E-state index in [0.717, 1.165) is 29.4 Å². The van der Waals surface area contributed by atoms with Gasteiger partial charge in [-0.3, -0.25) is 0 Å². The summed E-state index contributed by atoms with van der Waals surface area (Å²) in [6.45, 7) is 5.30. The van der Waals surface area contributed by atoms with E-state index < -0.39 is 0 Å². The van der Waals surface area contributed by atoms with Crippen molar-refractivity contribution in [2.24, 2.45) is 11.7 Å². The molecular weight excluding hydrogens is 282 g/mol. The number of nitrogens with one attached hydrogen (secondary N) is 1. The largest absolute Gasteiger partial charge is 0.493 e. The molecule has 1 aliphatic heterocycles. The Morgan fingerprint density at radius 3 is 3.14 bits per heavy atom. The van der Waals surface area contributed by atoms with E-state index in [1.54, 1.807) is 11.3 Å². The Morgan fingerprint density at radius 2 is 2.38 bits per heavy atom. The molecule has 3 N–H and O–H groups in total. The summed E-state index contributed by atoms with van der Waals surface area (Å²) in [5, 5.41) is 4.33. The van der Waals surface area contributed by atoms with Crippen LogP contribution in [0.25, 0.3) is 10.2 Å². The molecule has 2 heterocycles. The van der Waals surface area contributed by atoms with Gasteiger partial charge in [0.15, 0.2) is 5.13 Å². The lowest BCUT2D eigenvalue weighted by Crippen LogP contribution is -2.30. The van der Waals surface area contributed by atoms with Crippen molar-refractivity contribution in [3.8, 4) is 17.6 Å². The number of fused-ring (bicyclic) bond motifs is 3. The second kappa shape index (κ2) is 5.92. The summed E-state index contributed by atoms with van der Waals surface area (Å²) in [5.74, 6) is 7.40. The van der Waals surface area contributed by atoms with Gasteiger partial charge in [-0.25, -0.2) is 4.98 Å². The number of nitrogens with two attached hydrogens (primary N) is 1. The maximum atomic E-state index is 5.76. The molecule has 5 heteroatoms. The van der Waals surface area contributed by atoms with Crippen LogP contribution in [-0.4, -0.2) is 24.2 Å². The van der Waals surface area contributed by atoms with Crippen LogP contribution in [0.5, 0.6) is 5.75 Å². The SMILES string of the molecule is CC#CC(Nc1nc2c3c(ccc2s1)OCC3)C(C)CN. The molecule has 0 bridgehead atoms. The fourth-order valence-corrected chi connectivity index (χ4v) is 3.41. The van der Waals surface area contributed by atoms with Gasteiger partial charge in [-0.05, 0) is 31.5 Å². The molecule has 110 valence electrons.